The molecule has 0 amide bonds. The van der Waals surface area contributed by atoms with Crippen molar-refractivity contribution in [3.8, 4) is 0 Å². The molecule has 1 saturated carbocycles. The van der Waals surface area contributed by atoms with Crippen LogP contribution in [-0.4, -0.2) is 6.29 Å². The van der Waals surface area contributed by atoms with Crippen molar-refractivity contribution in [3.05, 3.63) is 34.4 Å². The summed E-state index contributed by atoms with van der Waals surface area (Å²) in [4.78, 5) is 10.8. The lowest BCUT2D eigenvalue weighted by Crippen LogP contribution is -2.15. The van der Waals surface area contributed by atoms with Gasteiger partial charge in [0, 0.05) is 5.56 Å². The third-order valence-corrected chi connectivity index (χ3v) is 2.98. The maximum atomic E-state index is 12.7. The second-order valence-electron chi connectivity index (χ2n) is 4.41. The molecule has 1 fully saturated rings. The van der Waals surface area contributed by atoms with Crippen LogP contribution >= 0.6 is 0 Å². The lowest BCUT2D eigenvalue weighted by molar-refractivity contribution is -0.143. The van der Waals surface area contributed by atoms with Gasteiger partial charge in [0.15, 0.2) is 6.29 Å². The van der Waals surface area contributed by atoms with E-state index in [9.17, 15) is 31.1 Å². The molecular weight excluding hydrogens is 274 g/mol. The average molecular weight is 282 g/mol. The van der Waals surface area contributed by atoms with E-state index in [-0.39, 0.29) is 23.8 Å². The normalized spacial score (nSPS) is 16.5. The number of carbonyl (C=O) groups excluding carboxylic acids is 1. The van der Waals surface area contributed by atoms with Gasteiger partial charge in [-0.3, -0.25) is 4.79 Å². The first-order chi connectivity index (χ1) is 8.64. The van der Waals surface area contributed by atoms with Crippen molar-refractivity contribution in [3.63, 3.8) is 0 Å². The van der Waals surface area contributed by atoms with Crippen LogP contribution in [0, 0.1) is 0 Å². The van der Waals surface area contributed by atoms with Gasteiger partial charge in [0.05, 0.1) is 11.1 Å². The molecule has 0 saturated heterocycles. The van der Waals surface area contributed by atoms with Gasteiger partial charge < -0.3 is 0 Å². The van der Waals surface area contributed by atoms with E-state index in [0.717, 1.165) is 0 Å². The van der Waals surface area contributed by atoms with Crippen molar-refractivity contribution in [2.45, 2.75) is 31.1 Å². The largest absolute Gasteiger partial charge is 0.417 e. The predicted octanol–water partition coefficient (Wildman–Crippen LogP) is 4.41. The van der Waals surface area contributed by atoms with E-state index in [1.807, 2.05) is 0 Å². The van der Waals surface area contributed by atoms with E-state index in [4.69, 9.17) is 0 Å². The van der Waals surface area contributed by atoms with Crippen LogP contribution in [0.3, 0.4) is 0 Å². The van der Waals surface area contributed by atoms with Crippen LogP contribution < -0.4 is 0 Å². The predicted molar refractivity (Wildman–Crippen MR) is 53.8 cm³/mol. The Morgan fingerprint density at radius 1 is 1.00 bits per heavy atom. The summed E-state index contributed by atoms with van der Waals surface area (Å²) >= 11 is 0. The molecule has 0 heterocycles. The van der Waals surface area contributed by atoms with Gasteiger partial charge in [0.25, 0.3) is 0 Å². The summed E-state index contributed by atoms with van der Waals surface area (Å²) in [7, 11) is 0. The number of hydrogen-bond donors (Lipinski definition) is 0. The standard InChI is InChI=1S/C12H8F6O/c13-11(14,15)7-3-8(6-1-2-6)9(5-19)10(4-7)12(16,17)18/h3-6H,1-2H2. The van der Waals surface area contributed by atoms with Crippen molar-refractivity contribution >= 4 is 6.29 Å². The van der Waals surface area contributed by atoms with Gasteiger partial charge in [-0.05, 0) is 36.5 Å². The number of aldehydes is 1. The minimum atomic E-state index is -4.98. The van der Waals surface area contributed by atoms with Gasteiger partial charge in [-0.15, -0.1) is 0 Å². The molecule has 1 nitrogen and oxygen atoms in total. The van der Waals surface area contributed by atoms with Crippen molar-refractivity contribution in [1.29, 1.82) is 0 Å². The van der Waals surface area contributed by atoms with Crippen LogP contribution in [0.25, 0.3) is 0 Å². The fourth-order valence-corrected chi connectivity index (χ4v) is 1.94. The van der Waals surface area contributed by atoms with E-state index in [1.54, 1.807) is 0 Å². The Hall–Kier alpha value is -1.53. The van der Waals surface area contributed by atoms with Gasteiger partial charge >= 0.3 is 12.4 Å². The molecule has 104 valence electrons. The zero-order chi connectivity index (χ0) is 14.4. The first-order valence-electron chi connectivity index (χ1n) is 5.42. The summed E-state index contributed by atoms with van der Waals surface area (Å²) in [5, 5.41) is 0. The molecule has 0 aliphatic heterocycles. The van der Waals surface area contributed by atoms with Crippen LogP contribution in [0.15, 0.2) is 12.1 Å². The summed E-state index contributed by atoms with van der Waals surface area (Å²) in [6, 6.07) is 0.645. The van der Waals surface area contributed by atoms with E-state index >= 15 is 0 Å². The van der Waals surface area contributed by atoms with Crippen molar-refractivity contribution in [2.75, 3.05) is 0 Å². The molecular formula is C12H8F6O. The molecule has 0 radical (unpaired) electrons. The van der Waals surface area contributed by atoms with Crippen molar-refractivity contribution < 1.29 is 31.1 Å². The van der Waals surface area contributed by atoms with Crippen LogP contribution in [0.1, 0.15) is 45.8 Å². The van der Waals surface area contributed by atoms with E-state index in [0.29, 0.717) is 18.9 Å². The van der Waals surface area contributed by atoms with Gasteiger partial charge in [-0.1, -0.05) is 0 Å². The summed E-state index contributed by atoms with van der Waals surface area (Å²) in [6.07, 6.45) is -8.87. The van der Waals surface area contributed by atoms with E-state index in [2.05, 4.69) is 0 Å². The summed E-state index contributed by atoms with van der Waals surface area (Å²) in [5.41, 5.74) is -3.72. The Labute approximate surface area is 104 Å². The van der Waals surface area contributed by atoms with Gasteiger partial charge in [0.2, 0.25) is 0 Å². The van der Waals surface area contributed by atoms with Crippen LogP contribution in [0.2, 0.25) is 0 Å². The first-order valence-corrected chi connectivity index (χ1v) is 5.42. The highest BCUT2D eigenvalue weighted by Gasteiger charge is 2.41. The molecule has 19 heavy (non-hydrogen) atoms. The summed E-state index contributed by atoms with van der Waals surface area (Å²) in [5.74, 6) is -0.386. The molecule has 1 aliphatic rings. The second-order valence-corrected chi connectivity index (χ2v) is 4.41. The van der Waals surface area contributed by atoms with Gasteiger partial charge in [-0.2, -0.15) is 26.3 Å². The van der Waals surface area contributed by atoms with E-state index in [1.165, 1.54) is 0 Å². The SMILES string of the molecule is O=Cc1c(C2CC2)cc(C(F)(F)F)cc1C(F)(F)F. The van der Waals surface area contributed by atoms with Crippen molar-refractivity contribution in [2.24, 2.45) is 0 Å². The lowest BCUT2D eigenvalue weighted by atomic mass is 9.95. The highest BCUT2D eigenvalue weighted by Crippen LogP contribution is 2.46. The Balaban J connectivity index is 2.69. The molecule has 1 aromatic carbocycles. The molecule has 1 aliphatic carbocycles. The zero-order valence-corrected chi connectivity index (χ0v) is 9.40. The highest BCUT2D eigenvalue weighted by atomic mass is 19.4. The van der Waals surface area contributed by atoms with Gasteiger partial charge in [-0.25, -0.2) is 0 Å². The van der Waals surface area contributed by atoms with Crippen LogP contribution in [-0.2, 0) is 12.4 Å². The maximum absolute atomic E-state index is 12.7. The molecule has 2 rings (SSSR count). The Kier molecular flexibility index (Phi) is 3.10. The minimum Gasteiger partial charge on any atom is -0.298 e. The number of benzene rings is 1. The fourth-order valence-electron chi connectivity index (χ4n) is 1.94. The third-order valence-electron chi connectivity index (χ3n) is 2.98. The monoisotopic (exact) mass is 282 g/mol. The molecule has 1 aromatic rings. The van der Waals surface area contributed by atoms with E-state index < -0.39 is 29.0 Å². The lowest BCUT2D eigenvalue weighted by Gasteiger charge is -2.17. The molecule has 0 bridgehead atoms. The number of hydrogen-bond acceptors (Lipinski definition) is 1. The first kappa shape index (κ1) is 13.9. The quantitative estimate of drug-likeness (QED) is 0.580. The minimum absolute atomic E-state index is 0.00435. The highest BCUT2D eigenvalue weighted by molar-refractivity contribution is 5.81. The topological polar surface area (TPSA) is 17.1 Å². The number of rotatable bonds is 2. The molecule has 0 unspecified atom stereocenters. The number of alkyl halides is 6. The summed E-state index contributed by atoms with van der Waals surface area (Å²) < 4.78 is 76.0. The molecule has 7 heteroatoms. The number of carbonyl (C=O) groups is 1. The summed E-state index contributed by atoms with van der Waals surface area (Å²) in [6.45, 7) is 0. The molecule has 0 atom stereocenters. The third kappa shape index (κ3) is 2.74. The zero-order valence-electron chi connectivity index (χ0n) is 9.40. The Bertz CT molecular complexity index is 510. The molecule has 0 spiro atoms. The average Bonchev–Trinajstić information content (AvgIpc) is 3.08. The Morgan fingerprint density at radius 2 is 1.58 bits per heavy atom. The number of halogens is 6. The Morgan fingerprint density at radius 3 is 1.95 bits per heavy atom. The van der Waals surface area contributed by atoms with Gasteiger partial charge in [0.1, 0.15) is 0 Å². The fraction of sp³-hybridized carbons (Fsp3) is 0.417. The maximum Gasteiger partial charge on any atom is 0.417 e. The van der Waals surface area contributed by atoms with Crippen LogP contribution in [0.5, 0.6) is 0 Å². The molecule has 0 aromatic heterocycles. The smallest absolute Gasteiger partial charge is 0.298 e. The molecule has 0 N–H and O–H groups in total. The second kappa shape index (κ2) is 4.25. The van der Waals surface area contributed by atoms with Crippen LogP contribution in [0.4, 0.5) is 26.3 Å². The van der Waals surface area contributed by atoms with Crippen molar-refractivity contribution in [1.82, 2.24) is 0 Å².